The highest BCUT2D eigenvalue weighted by atomic mass is 16.5. The highest BCUT2D eigenvalue weighted by molar-refractivity contribution is 6.02. The van der Waals surface area contributed by atoms with Gasteiger partial charge in [0.2, 0.25) is 5.91 Å². The number of nitrogens with one attached hydrogen (secondary N) is 1. The monoisotopic (exact) mass is 323 g/mol. The number of rotatable bonds is 4. The van der Waals surface area contributed by atoms with Gasteiger partial charge in [-0.25, -0.2) is 0 Å². The largest absolute Gasteiger partial charge is 0.399 e. The van der Waals surface area contributed by atoms with Crippen LogP contribution in [0.1, 0.15) is 5.56 Å². The van der Waals surface area contributed by atoms with Gasteiger partial charge in [-0.15, -0.1) is 0 Å². The average Bonchev–Trinajstić information content (AvgIpc) is 2.63. The number of nitrogen functional groups attached to an aromatic ring is 1. The Morgan fingerprint density at radius 3 is 2.38 bits per heavy atom. The third-order valence-electron chi connectivity index (χ3n) is 3.87. The molecule has 1 amide bonds. The number of hydrogen-bond acceptors (Lipinski definition) is 4. The molecule has 0 unspecified atom stereocenters. The average molecular weight is 323 g/mol. The minimum absolute atomic E-state index is 0.161. The van der Waals surface area contributed by atoms with E-state index in [-0.39, 0.29) is 5.91 Å². The van der Waals surface area contributed by atoms with Gasteiger partial charge in [0, 0.05) is 36.2 Å². The van der Waals surface area contributed by atoms with E-state index in [1.807, 2.05) is 48.5 Å². The van der Waals surface area contributed by atoms with Crippen LogP contribution in [0.5, 0.6) is 0 Å². The van der Waals surface area contributed by atoms with Crippen molar-refractivity contribution in [2.75, 3.05) is 42.3 Å². The molecule has 0 atom stereocenters. The van der Waals surface area contributed by atoms with Crippen LogP contribution in [0.4, 0.5) is 17.1 Å². The molecule has 1 aliphatic rings. The summed E-state index contributed by atoms with van der Waals surface area (Å²) in [6, 6.07) is 15.2. The van der Waals surface area contributed by atoms with E-state index in [9.17, 15) is 4.79 Å². The van der Waals surface area contributed by atoms with Crippen molar-refractivity contribution in [1.82, 2.24) is 0 Å². The fourth-order valence-electron chi connectivity index (χ4n) is 2.54. The van der Waals surface area contributed by atoms with Gasteiger partial charge in [-0.05, 0) is 48.0 Å². The van der Waals surface area contributed by atoms with Crippen LogP contribution in [-0.4, -0.2) is 32.2 Å². The minimum atomic E-state index is -0.161. The molecule has 0 aliphatic carbocycles. The molecule has 1 aliphatic heterocycles. The van der Waals surface area contributed by atoms with Gasteiger partial charge in [-0.3, -0.25) is 4.79 Å². The van der Waals surface area contributed by atoms with E-state index >= 15 is 0 Å². The molecule has 1 heterocycles. The van der Waals surface area contributed by atoms with Crippen LogP contribution in [0.15, 0.2) is 54.6 Å². The summed E-state index contributed by atoms with van der Waals surface area (Å²) in [6.45, 7) is 3.31. The Balaban J connectivity index is 1.57. The van der Waals surface area contributed by atoms with Crippen molar-refractivity contribution in [3.63, 3.8) is 0 Å². The Kier molecular flexibility index (Phi) is 5.13. The summed E-state index contributed by atoms with van der Waals surface area (Å²) in [5.41, 5.74) is 9.20. The van der Waals surface area contributed by atoms with Crippen molar-refractivity contribution in [3.05, 3.63) is 60.2 Å². The first kappa shape index (κ1) is 16.1. The summed E-state index contributed by atoms with van der Waals surface area (Å²) in [5.74, 6) is -0.161. The van der Waals surface area contributed by atoms with E-state index in [4.69, 9.17) is 10.5 Å². The lowest BCUT2D eigenvalue weighted by Crippen LogP contribution is -2.36. The van der Waals surface area contributed by atoms with Gasteiger partial charge in [0.25, 0.3) is 0 Å². The summed E-state index contributed by atoms with van der Waals surface area (Å²) >= 11 is 0. The number of benzene rings is 2. The molecule has 0 saturated carbocycles. The van der Waals surface area contributed by atoms with Crippen LogP contribution in [0, 0.1) is 0 Å². The molecular formula is C19H21N3O2. The maximum absolute atomic E-state index is 12.0. The number of morpholine rings is 1. The Morgan fingerprint density at radius 1 is 1.04 bits per heavy atom. The fraction of sp³-hybridized carbons (Fsp3) is 0.211. The predicted molar refractivity (Wildman–Crippen MR) is 98.0 cm³/mol. The number of anilines is 3. The van der Waals surface area contributed by atoms with Gasteiger partial charge >= 0.3 is 0 Å². The van der Waals surface area contributed by atoms with Crippen molar-refractivity contribution >= 4 is 29.0 Å². The SMILES string of the molecule is Nc1ccc(/C=C/C(=O)Nc2ccc(N3CCOCC3)cc2)cc1. The Hall–Kier alpha value is -2.79. The molecule has 2 aromatic carbocycles. The molecule has 0 aromatic heterocycles. The number of carbonyl (C=O) groups excluding carboxylic acids is 1. The van der Waals surface area contributed by atoms with Crippen LogP contribution >= 0.6 is 0 Å². The van der Waals surface area contributed by atoms with E-state index in [2.05, 4.69) is 10.2 Å². The van der Waals surface area contributed by atoms with E-state index < -0.39 is 0 Å². The molecule has 5 heteroatoms. The lowest BCUT2D eigenvalue weighted by molar-refractivity contribution is -0.111. The van der Waals surface area contributed by atoms with Crippen molar-refractivity contribution in [3.8, 4) is 0 Å². The summed E-state index contributed by atoms with van der Waals surface area (Å²) < 4.78 is 5.35. The maximum atomic E-state index is 12.0. The number of nitrogens with zero attached hydrogens (tertiary/aromatic N) is 1. The summed E-state index contributed by atoms with van der Waals surface area (Å²) in [4.78, 5) is 14.3. The zero-order valence-electron chi connectivity index (χ0n) is 13.4. The molecule has 1 saturated heterocycles. The van der Waals surface area contributed by atoms with Gasteiger partial charge in [0.1, 0.15) is 0 Å². The Morgan fingerprint density at radius 2 is 1.71 bits per heavy atom. The van der Waals surface area contributed by atoms with Crippen LogP contribution in [-0.2, 0) is 9.53 Å². The Labute approximate surface area is 141 Å². The van der Waals surface area contributed by atoms with Gasteiger partial charge in [0.05, 0.1) is 13.2 Å². The fourth-order valence-corrected chi connectivity index (χ4v) is 2.54. The predicted octanol–water partition coefficient (Wildman–Crippen LogP) is 2.76. The minimum Gasteiger partial charge on any atom is -0.399 e. The quantitative estimate of drug-likeness (QED) is 0.671. The maximum Gasteiger partial charge on any atom is 0.248 e. The van der Waals surface area contributed by atoms with E-state index in [0.717, 1.165) is 43.2 Å². The standard InChI is InChI=1S/C19H21N3O2/c20-16-4-1-15(2-5-16)3-10-19(23)21-17-6-8-18(9-7-17)22-11-13-24-14-12-22/h1-10H,11-14,20H2,(H,21,23)/b10-3+. The molecule has 0 radical (unpaired) electrons. The van der Waals surface area contributed by atoms with E-state index in [1.165, 1.54) is 6.08 Å². The number of amides is 1. The molecule has 1 fully saturated rings. The molecule has 124 valence electrons. The van der Waals surface area contributed by atoms with E-state index in [0.29, 0.717) is 5.69 Å². The second-order valence-electron chi connectivity index (χ2n) is 5.64. The molecule has 0 spiro atoms. The zero-order chi connectivity index (χ0) is 16.8. The highest BCUT2D eigenvalue weighted by Crippen LogP contribution is 2.19. The molecule has 3 rings (SSSR count). The highest BCUT2D eigenvalue weighted by Gasteiger charge is 2.10. The van der Waals surface area contributed by atoms with Crippen molar-refractivity contribution in [2.24, 2.45) is 0 Å². The first-order valence-electron chi connectivity index (χ1n) is 7.98. The number of hydrogen-bond donors (Lipinski definition) is 2. The zero-order valence-corrected chi connectivity index (χ0v) is 13.4. The van der Waals surface area contributed by atoms with Crippen LogP contribution in [0.25, 0.3) is 6.08 Å². The number of nitrogens with two attached hydrogens (primary N) is 1. The second-order valence-corrected chi connectivity index (χ2v) is 5.64. The van der Waals surface area contributed by atoms with Crippen LogP contribution < -0.4 is 16.0 Å². The van der Waals surface area contributed by atoms with Crippen LogP contribution in [0.3, 0.4) is 0 Å². The summed E-state index contributed by atoms with van der Waals surface area (Å²) in [5, 5.41) is 2.86. The first-order chi connectivity index (χ1) is 11.7. The van der Waals surface area contributed by atoms with Gasteiger partial charge in [-0.2, -0.15) is 0 Å². The topological polar surface area (TPSA) is 67.6 Å². The lowest BCUT2D eigenvalue weighted by atomic mass is 10.2. The smallest absolute Gasteiger partial charge is 0.248 e. The third-order valence-corrected chi connectivity index (χ3v) is 3.87. The molecule has 2 aromatic rings. The van der Waals surface area contributed by atoms with Crippen molar-refractivity contribution in [1.29, 1.82) is 0 Å². The molecule has 24 heavy (non-hydrogen) atoms. The summed E-state index contributed by atoms with van der Waals surface area (Å²) in [6.07, 6.45) is 3.28. The first-order valence-corrected chi connectivity index (χ1v) is 7.98. The van der Waals surface area contributed by atoms with Gasteiger partial charge < -0.3 is 20.7 Å². The molecule has 3 N–H and O–H groups in total. The molecule has 5 nitrogen and oxygen atoms in total. The van der Waals surface area contributed by atoms with Crippen LogP contribution in [0.2, 0.25) is 0 Å². The lowest BCUT2D eigenvalue weighted by Gasteiger charge is -2.28. The third kappa shape index (κ3) is 4.36. The Bertz CT molecular complexity index is 702. The van der Waals surface area contributed by atoms with Gasteiger partial charge in [-0.1, -0.05) is 12.1 Å². The number of ether oxygens (including phenoxy) is 1. The normalized spacial score (nSPS) is 14.8. The second kappa shape index (κ2) is 7.66. The van der Waals surface area contributed by atoms with E-state index in [1.54, 1.807) is 6.08 Å². The van der Waals surface area contributed by atoms with Crippen molar-refractivity contribution < 1.29 is 9.53 Å². The molecule has 0 bridgehead atoms. The van der Waals surface area contributed by atoms with Gasteiger partial charge in [0.15, 0.2) is 0 Å². The van der Waals surface area contributed by atoms with Crippen molar-refractivity contribution in [2.45, 2.75) is 0 Å². The number of carbonyl (C=O) groups is 1. The molecular weight excluding hydrogens is 302 g/mol. The summed E-state index contributed by atoms with van der Waals surface area (Å²) in [7, 11) is 0.